The van der Waals surface area contributed by atoms with Crippen LogP contribution in [0.5, 0.6) is 0 Å². The summed E-state index contributed by atoms with van der Waals surface area (Å²) < 4.78 is 0. The fourth-order valence-electron chi connectivity index (χ4n) is 4.28. The van der Waals surface area contributed by atoms with Crippen molar-refractivity contribution in [2.24, 2.45) is 5.92 Å². The zero-order valence-electron chi connectivity index (χ0n) is 15.0. The maximum atomic E-state index is 11.1. The SMILES string of the molecule is O=C(O)C1CCC(c2nc(-c3ccc(C4CCNCC4)cc3)cs2)CC1. The zero-order valence-corrected chi connectivity index (χ0v) is 15.8. The summed E-state index contributed by atoms with van der Waals surface area (Å²) in [6, 6.07) is 8.94. The first kappa shape index (κ1) is 17.7. The van der Waals surface area contributed by atoms with Crippen molar-refractivity contribution in [2.45, 2.75) is 50.4 Å². The Bertz CT molecular complexity index is 742. The van der Waals surface area contributed by atoms with Gasteiger partial charge in [0.05, 0.1) is 16.6 Å². The van der Waals surface area contributed by atoms with Crippen molar-refractivity contribution in [1.82, 2.24) is 10.3 Å². The van der Waals surface area contributed by atoms with Crippen LogP contribution in [0.4, 0.5) is 0 Å². The van der Waals surface area contributed by atoms with Gasteiger partial charge in [-0.2, -0.15) is 0 Å². The van der Waals surface area contributed by atoms with Crippen molar-refractivity contribution >= 4 is 17.3 Å². The Morgan fingerprint density at radius 1 is 1.00 bits per heavy atom. The molecule has 5 heteroatoms. The highest BCUT2D eigenvalue weighted by atomic mass is 32.1. The van der Waals surface area contributed by atoms with Gasteiger partial charge in [-0.1, -0.05) is 24.3 Å². The Balaban J connectivity index is 1.42. The van der Waals surface area contributed by atoms with Crippen molar-refractivity contribution in [1.29, 1.82) is 0 Å². The fraction of sp³-hybridized carbons (Fsp3) is 0.524. The van der Waals surface area contributed by atoms with Gasteiger partial charge >= 0.3 is 5.97 Å². The Kier molecular flexibility index (Phi) is 5.36. The number of benzene rings is 1. The molecule has 1 saturated carbocycles. The molecule has 0 spiro atoms. The molecule has 1 aromatic carbocycles. The first-order valence-corrected chi connectivity index (χ1v) is 10.6. The second-order valence-corrected chi connectivity index (χ2v) is 8.49. The lowest BCUT2D eigenvalue weighted by Crippen LogP contribution is -2.26. The van der Waals surface area contributed by atoms with E-state index in [0.717, 1.165) is 44.5 Å². The third-order valence-corrected chi connectivity index (χ3v) is 6.97. The lowest BCUT2D eigenvalue weighted by atomic mass is 9.82. The summed E-state index contributed by atoms with van der Waals surface area (Å²) in [5, 5.41) is 15.9. The molecule has 0 amide bonds. The molecule has 0 bridgehead atoms. The summed E-state index contributed by atoms with van der Waals surface area (Å²) in [4.78, 5) is 16.0. The van der Waals surface area contributed by atoms with Gasteiger partial charge in [-0.3, -0.25) is 4.79 Å². The maximum Gasteiger partial charge on any atom is 0.306 e. The van der Waals surface area contributed by atoms with E-state index in [1.54, 1.807) is 11.3 Å². The van der Waals surface area contributed by atoms with Gasteiger partial charge in [0.2, 0.25) is 0 Å². The van der Waals surface area contributed by atoms with Crippen LogP contribution >= 0.6 is 11.3 Å². The second kappa shape index (κ2) is 7.89. The van der Waals surface area contributed by atoms with E-state index in [9.17, 15) is 4.79 Å². The first-order chi connectivity index (χ1) is 12.7. The largest absolute Gasteiger partial charge is 0.481 e. The number of thiazole rings is 1. The molecule has 1 aliphatic heterocycles. The van der Waals surface area contributed by atoms with Crippen LogP contribution in [0.1, 0.15) is 60.9 Å². The van der Waals surface area contributed by atoms with Gasteiger partial charge in [0.15, 0.2) is 0 Å². The Morgan fingerprint density at radius 3 is 2.35 bits per heavy atom. The normalized spacial score (nSPS) is 24.5. The third kappa shape index (κ3) is 3.84. The summed E-state index contributed by atoms with van der Waals surface area (Å²) in [6.07, 6.45) is 5.88. The van der Waals surface area contributed by atoms with Gasteiger partial charge in [-0.15, -0.1) is 11.3 Å². The fourth-order valence-corrected chi connectivity index (χ4v) is 5.28. The number of piperidine rings is 1. The number of hydrogen-bond acceptors (Lipinski definition) is 4. The number of hydrogen-bond donors (Lipinski definition) is 2. The van der Waals surface area contributed by atoms with Gasteiger partial charge < -0.3 is 10.4 Å². The average Bonchev–Trinajstić information content (AvgIpc) is 3.19. The van der Waals surface area contributed by atoms with E-state index >= 15 is 0 Å². The monoisotopic (exact) mass is 370 g/mol. The molecule has 2 aliphatic rings. The molecule has 0 atom stereocenters. The van der Waals surface area contributed by atoms with Crippen LogP contribution in [0, 0.1) is 5.92 Å². The molecule has 1 aromatic heterocycles. The van der Waals surface area contributed by atoms with Crippen molar-refractivity contribution in [3.05, 3.63) is 40.2 Å². The Hall–Kier alpha value is -1.72. The zero-order chi connectivity index (χ0) is 17.9. The van der Waals surface area contributed by atoms with Crippen LogP contribution in [0.25, 0.3) is 11.3 Å². The number of nitrogens with zero attached hydrogens (tertiary/aromatic N) is 1. The van der Waals surface area contributed by atoms with Gasteiger partial charge in [0.1, 0.15) is 0 Å². The molecule has 4 rings (SSSR count). The first-order valence-electron chi connectivity index (χ1n) is 9.70. The minimum Gasteiger partial charge on any atom is -0.481 e. The molecule has 26 heavy (non-hydrogen) atoms. The van der Waals surface area contributed by atoms with Crippen molar-refractivity contribution < 1.29 is 9.90 Å². The topological polar surface area (TPSA) is 62.2 Å². The average molecular weight is 371 g/mol. The van der Waals surface area contributed by atoms with E-state index < -0.39 is 5.97 Å². The number of aliphatic carboxylic acids is 1. The van der Waals surface area contributed by atoms with Crippen LogP contribution in [-0.2, 0) is 4.79 Å². The second-order valence-electron chi connectivity index (χ2n) is 7.60. The number of carbonyl (C=O) groups is 1. The molecule has 4 nitrogen and oxygen atoms in total. The smallest absolute Gasteiger partial charge is 0.306 e. The molecular weight excluding hydrogens is 344 g/mol. The standard InChI is InChI=1S/C21H26N2O2S/c24-21(25)18-7-5-17(6-8-18)20-23-19(13-26-20)16-3-1-14(2-4-16)15-9-11-22-12-10-15/h1-4,13,15,17-18,22H,5-12H2,(H,24,25). The predicted octanol–water partition coefficient (Wildman–Crippen LogP) is 4.64. The molecule has 2 aromatic rings. The molecule has 1 aliphatic carbocycles. The quantitative estimate of drug-likeness (QED) is 0.823. The summed E-state index contributed by atoms with van der Waals surface area (Å²) in [7, 11) is 0. The molecular formula is C21H26N2O2S. The van der Waals surface area contributed by atoms with Crippen LogP contribution in [0.15, 0.2) is 29.6 Å². The third-order valence-electron chi connectivity index (χ3n) is 5.96. The highest BCUT2D eigenvalue weighted by Crippen LogP contribution is 2.38. The van der Waals surface area contributed by atoms with E-state index in [0.29, 0.717) is 11.8 Å². The van der Waals surface area contributed by atoms with Crippen LogP contribution in [-0.4, -0.2) is 29.1 Å². The van der Waals surface area contributed by atoms with E-state index in [-0.39, 0.29) is 5.92 Å². The summed E-state index contributed by atoms with van der Waals surface area (Å²) in [5.74, 6) is 0.310. The van der Waals surface area contributed by atoms with Crippen LogP contribution in [0.2, 0.25) is 0 Å². The number of carboxylic acid groups (broad SMARTS) is 1. The molecule has 138 valence electrons. The molecule has 0 unspecified atom stereocenters. The number of carboxylic acids is 1. The highest BCUT2D eigenvalue weighted by molar-refractivity contribution is 7.10. The summed E-state index contributed by atoms with van der Waals surface area (Å²) >= 11 is 1.73. The molecule has 2 N–H and O–H groups in total. The minimum atomic E-state index is -0.642. The van der Waals surface area contributed by atoms with Crippen molar-refractivity contribution in [3.8, 4) is 11.3 Å². The molecule has 2 fully saturated rings. The van der Waals surface area contributed by atoms with E-state index in [4.69, 9.17) is 10.1 Å². The molecule has 1 saturated heterocycles. The number of nitrogens with one attached hydrogen (secondary N) is 1. The van der Waals surface area contributed by atoms with Crippen LogP contribution < -0.4 is 5.32 Å². The maximum absolute atomic E-state index is 11.1. The van der Waals surface area contributed by atoms with Gasteiger partial charge in [-0.05, 0) is 63.1 Å². The number of aromatic nitrogens is 1. The molecule has 2 heterocycles. The van der Waals surface area contributed by atoms with Gasteiger partial charge in [-0.25, -0.2) is 4.98 Å². The lowest BCUT2D eigenvalue weighted by molar-refractivity contribution is -0.142. The predicted molar refractivity (Wildman–Crippen MR) is 105 cm³/mol. The van der Waals surface area contributed by atoms with Crippen LogP contribution in [0.3, 0.4) is 0 Å². The Morgan fingerprint density at radius 2 is 1.69 bits per heavy atom. The lowest BCUT2D eigenvalue weighted by Gasteiger charge is -2.24. The van der Waals surface area contributed by atoms with E-state index in [2.05, 4.69) is 35.0 Å². The highest BCUT2D eigenvalue weighted by Gasteiger charge is 2.28. The van der Waals surface area contributed by atoms with Gasteiger partial charge in [0, 0.05) is 16.9 Å². The van der Waals surface area contributed by atoms with Crippen molar-refractivity contribution in [2.75, 3.05) is 13.1 Å². The summed E-state index contributed by atoms with van der Waals surface area (Å²) in [5.41, 5.74) is 3.68. The molecule has 0 radical (unpaired) electrons. The van der Waals surface area contributed by atoms with E-state index in [1.165, 1.54) is 29.0 Å². The Labute approximate surface area is 158 Å². The minimum absolute atomic E-state index is 0.159. The van der Waals surface area contributed by atoms with E-state index in [1.807, 2.05) is 0 Å². The summed E-state index contributed by atoms with van der Waals surface area (Å²) in [6.45, 7) is 2.23. The number of rotatable bonds is 4. The van der Waals surface area contributed by atoms with Crippen molar-refractivity contribution in [3.63, 3.8) is 0 Å². The van der Waals surface area contributed by atoms with Gasteiger partial charge in [0.25, 0.3) is 0 Å².